The van der Waals surface area contributed by atoms with Gasteiger partial charge in [0, 0.05) is 31.6 Å². The highest BCUT2D eigenvalue weighted by molar-refractivity contribution is 5.30. The van der Waals surface area contributed by atoms with E-state index in [0.717, 1.165) is 0 Å². The Labute approximate surface area is 92.9 Å². The lowest BCUT2D eigenvalue weighted by molar-refractivity contribution is -0.0701. The molecule has 1 aromatic rings. The van der Waals surface area contributed by atoms with Crippen molar-refractivity contribution in [1.29, 1.82) is 0 Å². The zero-order valence-corrected chi connectivity index (χ0v) is 9.09. The Morgan fingerprint density at radius 1 is 1.19 bits per heavy atom. The first-order chi connectivity index (χ1) is 7.54. The molecule has 0 spiro atoms. The molecule has 2 rings (SSSR count). The van der Waals surface area contributed by atoms with E-state index in [1.54, 1.807) is 0 Å². The molecule has 1 fully saturated rings. The molecule has 2 nitrogen and oxygen atoms in total. The van der Waals surface area contributed by atoms with Crippen LogP contribution in [-0.2, 0) is 10.3 Å². The van der Waals surface area contributed by atoms with Crippen LogP contribution in [0.5, 0.6) is 0 Å². The molecule has 0 amide bonds. The fourth-order valence-electron chi connectivity index (χ4n) is 1.98. The molecule has 1 aliphatic heterocycles. The van der Waals surface area contributed by atoms with Crippen molar-refractivity contribution in [3.63, 3.8) is 0 Å². The first kappa shape index (κ1) is 11.5. The molecule has 0 radical (unpaired) electrons. The van der Waals surface area contributed by atoms with Gasteiger partial charge in [-0.2, -0.15) is 0 Å². The number of hydrogen-bond donors (Lipinski definition) is 1. The quantitative estimate of drug-likeness (QED) is 0.799. The SMILES string of the molecule is Cc1ccc(C2(O)CCOCC2)c(F)c1F. The molecule has 0 bridgehead atoms. The van der Waals surface area contributed by atoms with Crippen molar-refractivity contribution in [2.75, 3.05) is 13.2 Å². The fraction of sp³-hybridized carbons (Fsp3) is 0.500. The molecular weight excluding hydrogens is 214 g/mol. The normalized spacial score (nSPS) is 19.8. The number of ether oxygens (including phenoxy) is 1. The first-order valence-electron chi connectivity index (χ1n) is 5.30. The second-order valence-corrected chi connectivity index (χ2v) is 4.20. The van der Waals surface area contributed by atoms with Gasteiger partial charge in [0.2, 0.25) is 0 Å². The second-order valence-electron chi connectivity index (χ2n) is 4.20. The van der Waals surface area contributed by atoms with E-state index < -0.39 is 17.2 Å². The zero-order chi connectivity index (χ0) is 11.8. The molecule has 1 heterocycles. The average Bonchev–Trinajstić information content (AvgIpc) is 2.27. The van der Waals surface area contributed by atoms with E-state index in [1.165, 1.54) is 19.1 Å². The van der Waals surface area contributed by atoms with Crippen molar-refractivity contribution in [1.82, 2.24) is 0 Å². The maximum atomic E-state index is 13.7. The minimum atomic E-state index is -1.29. The smallest absolute Gasteiger partial charge is 0.165 e. The van der Waals surface area contributed by atoms with Crippen molar-refractivity contribution in [3.05, 3.63) is 34.9 Å². The highest BCUT2D eigenvalue weighted by Gasteiger charge is 2.35. The van der Waals surface area contributed by atoms with Gasteiger partial charge in [-0.25, -0.2) is 8.78 Å². The minimum absolute atomic E-state index is 0.0406. The van der Waals surface area contributed by atoms with Gasteiger partial charge in [0.1, 0.15) is 0 Å². The number of rotatable bonds is 1. The van der Waals surface area contributed by atoms with Crippen LogP contribution in [0.25, 0.3) is 0 Å². The van der Waals surface area contributed by atoms with E-state index in [9.17, 15) is 13.9 Å². The molecule has 0 aromatic heterocycles. The van der Waals surface area contributed by atoms with Gasteiger partial charge in [-0.3, -0.25) is 0 Å². The third kappa shape index (κ3) is 1.83. The van der Waals surface area contributed by atoms with E-state index in [-0.39, 0.29) is 11.1 Å². The van der Waals surface area contributed by atoms with Gasteiger partial charge in [0.25, 0.3) is 0 Å². The van der Waals surface area contributed by atoms with Gasteiger partial charge < -0.3 is 9.84 Å². The van der Waals surface area contributed by atoms with Crippen LogP contribution in [-0.4, -0.2) is 18.3 Å². The lowest BCUT2D eigenvalue weighted by Crippen LogP contribution is -2.34. The Balaban J connectivity index is 2.43. The summed E-state index contributed by atoms with van der Waals surface area (Å²) >= 11 is 0. The van der Waals surface area contributed by atoms with Crippen LogP contribution in [0, 0.1) is 18.6 Å². The van der Waals surface area contributed by atoms with Gasteiger partial charge in [-0.05, 0) is 12.5 Å². The summed E-state index contributed by atoms with van der Waals surface area (Å²) in [5.41, 5.74) is -1.01. The molecule has 1 N–H and O–H groups in total. The fourth-order valence-corrected chi connectivity index (χ4v) is 1.98. The molecule has 0 atom stereocenters. The molecule has 16 heavy (non-hydrogen) atoms. The van der Waals surface area contributed by atoms with Gasteiger partial charge in [0.05, 0.1) is 5.60 Å². The highest BCUT2D eigenvalue weighted by Crippen LogP contribution is 2.34. The third-order valence-corrected chi connectivity index (χ3v) is 3.10. The average molecular weight is 228 g/mol. The Hall–Kier alpha value is -1.00. The summed E-state index contributed by atoms with van der Waals surface area (Å²) in [6, 6.07) is 2.94. The van der Waals surface area contributed by atoms with Crippen molar-refractivity contribution < 1.29 is 18.6 Å². The van der Waals surface area contributed by atoms with Crippen LogP contribution in [0.15, 0.2) is 12.1 Å². The lowest BCUT2D eigenvalue weighted by atomic mass is 9.85. The van der Waals surface area contributed by atoms with Crippen LogP contribution in [0.3, 0.4) is 0 Å². The largest absolute Gasteiger partial charge is 0.385 e. The summed E-state index contributed by atoms with van der Waals surface area (Å²) in [5, 5.41) is 10.3. The monoisotopic (exact) mass is 228 g/mol. The lowest BCUT2D eigenvalue weighted by Gasteiger charge is -2.32. The number of halogens is 2. The predicted molar refractivity (Wildman–Crippen MR) is 55.0 cm³/mol. The first-order valence-corrected chi connectivity index (χ1v) is 5.30. The predicted octanol–water partition coefficient (Wildman–Crippen LogP) is 2.27. The Morgan fingerprint density at radius 2 is 1.81 bits per heavy atom. The molecule has 4 heteroatoms. The topological polar surface area (TPSA) is 29.5 Å². The van der Waals surface area contributed by atoms with Crippen molar-refractivity contribution >= 4 is 0 Å². The van der Waals surface area contributed by atoms with Crippen LogP contribution >= 0.6 is 0 Å². The van der Waals surface area contributed by atoms with Gasteiger partial charge in [-0.15, -0.1) is 0 Å². The third-order valence-electron chi connectivity index (χ3n) is 3.10. The Bertz CT molecular complexity index is 398. The number of aliphatic hydroxyl groups is 1. The van der Waals surface area contributed by atoms with Gasteiger partial charge in [0.15, 0.2) is 11.6 Å². The van der Waals surface area contributed by atoms with Crippen LogP contribution in [0.2, 0.25) is 0 Å². The standard InChI is InChI=1S/C12H14F2O2/c1-8-2-3-9(11(14)10(8)13)12(15)4-6-16-7-5-12/h2-3,15H,4-7H2,1H3. The van der Waals surface area contributed by atoms with Crippen molar-refractivity contribution in [2.24, 2.45) is 0 Å². The van der Waals surface area contributed by atoms with Crippen LogP contribution in [0.4, 0.5) is 8.78 Å². The maximum absolute atomic E-state index is 13.7. The van der Waals surface area contributed by atoms with Crippen LogP contribution in [0.1, 0.15) is 24.0 Å². The van der Waals surface area contributed by atoms with Crippen LogP contribution < -0.4 is 0 Å². The van der Waals surface area contributed by atoms with E-state index in [2.05, 4.69) is 0 Å². The molecule has 88 valence electrons. The van der Waals surface area contributed by atoms with Crippen molar-refractivity contribution in [3.8, 4) is 0 Å². The second kappa shape index (κ2) is 4.11. The molecular formula is C12H14F2O2. The zero-order valence-electron chi connectivity index (χ0n) is 9.09. The number of aryl methyl sites for hydroxylation is 1. The summed E-state index contributed by atoms with van der Waals surface area (Å²) in [6.45, 7) is 2.23. The summed E-state index contributed by atoms with van der Waals surface area (Å²) in [5.74, 6) is -1.82. The Morgan fingerprint density at radius 3 is 2.44 bits per heavy atom. The maximum Gasteiger partial charge on any atom is 0.165 e. The van der Waals surface area contributed by atoms with E-state index in [0.29, 0.717) is 26.1 Å². The van der Waals surface area contributed by atoms with E-state index in [1.807, 2.05) is 0 Å². The number of benzene rings is 1. The van der Waals surface area contributed by atoms with Gasteiger partial charge >= 0.3 is 0 Å². The van der Waals surface area contributed by atoms with Gasteiger partial charge in [-0.1, -0.05) is 12.1 Å². The Kier molecular flexibility index (Phi) is 2.95. The molecule has 0 saturated carbocycles. The minimum Gasteiger partial charge on any atom is -0.385 e. The number of hydrogen-bond acceptors (Lipinski definition) is 2. The highest BCUT2D eigenvalue weighted by atomic mass is 19.2. The van der Waals surface area contributed by atoms with E-state index in [4.69, 9.17) is 4.74 Å². The van der Waals surface area contributed by atoms with Crippen molar-refractivity contribution in [2.45, 2.75) is 25.4 Å². The van der Waals surface area contributed by atoms with E-state index >= 15 is 0 Å². The summed E-state index contributed by atoms with van der Waals surface area (Å²) in [4.78, 5) is 0. The summed E-state index contributed by atoms with van der Waals surface area (Å²) in [6.07, 6.45) is 0.596. The molecule has 0 unspecified atom stereocenters. The summed E-state index contributed by atoms with van der Waals surface area (Å²) < 4.78 is 32.2. The molecule has 1 aromatic carbocycles. The molecule has 1 saturated heterocycles. The molecule has 0 aliphatic carbocycles. The molecule has 1 aliphatic rings. The summed E-state index contributed by atoms with van der Waals surface area (Å²) in [7, 11) is 0.